The molecule has 5 nitrogen and oxygen atoms in total. The quantitative estimate of drug-likeness (QED) is 0.287. The standard InChI is InChI=1S/C12H25N3O2S/c1-4-13-12(14-8-5-6-10-18-3)15-9-7-11(16)17-2/h4-10H2,1-3H3,(H2,13,14,15). The van der Waals surface area contributed by atoms with Crippen LogP contribution in [0.3, 0.4) is 0 Å². The van der Waals surface area contributed by atoms with E-state index in [1.54, 1.807) is 0 Å². The fourth-order valence-corrected chi connectivity index (χ4v) is 1.77. The molecule has 18 heavy (non-hydrogen) atoms. The van der Waals surface area contributed by atoms with E-state index in [-0.39, 0.29) is 5.97 Å². The zero-order valence-corrected chi connectivity index (χ0v) is 12.4. The minimum Gasteiger partial charge on any atom is -0.469 e. The van der Waals surface area contributed by atoms with E-state index in [0.717, 1.165) is 25.5 Å². The maximum atomic E-state index is 11.0. The number of unbranched alkanes of at least 4 members (excludes halogenated alkanes) is 1. The monoisotopic (exact) mass is 275 g/mol. The molecule has 0 aliphatic heterocycles. The van der Waals surface area contributed by atoms with Crippen LogP contribution in [0.15, 0.2) is 4.99 Å². The van der Waals surface area contributed by atoms with Gasteiger partial charge in [-0.15, -0.1) is 0 Å². The van der Waals surface area contributed by atoms with Crippen LogP contribution in [-0.4, -0.2) is 50.7 Å². The van der Waals surface area contributed by atoms with Crippen molar-refractivity contribution in [2.75, 3.05) is 38.8 Å². The minimum absolute atomic E-state index is 0.210. The van der Waals surface area contributed by atoms with Crippen LogP contribution in [0, 0.1) is 0 Å². The summed E-state index contributed by atoms with van der Waals surface area (Å²) in [6.07, 6.45) is 4.75. The Morgan fingerprint density at radius 1 is 1.33 bits per heavy atom. The van der Waals surface area contributed by atoms with Gasteiger partial charge in [-0.05, 0) is 31.8 Å². The summed E-state index contributed by atoms with van der Waals surface area (Å²) in [6, 6.07) is 0. The van der Waals surface area contributed by atoms with Crippen LogP contribution in [0.1, 0.15) is 26.2 Å². The molecule has 0 fully saturated rings. The van der Waals surface area contributed by atoms with Gasteiger partial charge in [0.05, 0.1) is 13.5 Å². The Morgan fingerprint density at radius 2 is 2.11 bits per heavy atom. The second-order valence-corrected chi connectivity index (χ2v) is 4.70. The highest BCUT2D eigenvalue weighted by atomic mass is 32.2. The molecule has 0 saturated carbocycles. The van der Waals surface area contributed by atoms with Gasteiger partial charge in [0.1, 0.15) is 0 Å². The van der Waals surface area contributed by atoms with Crippen molar-refractivity contribution in [3.8, 4) is 0 Å². The van der Waals surface area contributed by atoms with Crippen molar-refractivity contribution in [1.29, 1.82) is 0 Å². The highest BCUT2D eigenvalue weighted by molar-refractivity contribution is 7.98. The van der Waals surface area contributed by atoms with E-state index in [1.807, 2.05) is 18.7 Å². The number of rotatable bonds is 9. The molecule has 106 valence electrons. The Balaban J connectivity index is 3.81. The topological polar surface area (TPSA) is 62.7 Å². The molecule has 0 rings (SSSR count). The van der Waals surface area contributed by atoms with Crippen LogP contribution < -0.4 is 10.6 Å². The zero-order valence-electron chi connectivity index (χ0n) is 11.6. The number of guanidine groups is 1. The third-order valence-corrected chi connectivity index (χ3v) is 2.92. The summed E-state index contributed by atoms with van der Waals surface area (Å²) < 4.78 is 4.58. The Labute approximate surface area is 114 Å². The van der Waals surface area contributed by atoms with E-state index in [0.29, 0.717) is 13.0 Å². The van der Waals surface area contributed by atoms with E-state index in [4.69, 9.17) is 0 Å². The molecular weight excluding hydrogens is 250 g/mol. The maximum absolute atomic E-state index is 11.0. The van der Waals surface area contributed by atoms with Crippen molar-refractivity contribution in [1.82, 2.24) is 10.6 Å². The number of aliphatic imine (C=N–C) groups is 1. The average molecular weight is 275 g/mol. The summed E-state index contributed by atoms with van der Waals surface area (Å²) in [7, 11) is 1.40. The molecule has 0 unspecified atom stereocenters. The summed E-state index contributed by atoms with van der Waals surface area (Å²) in [5.74, 6) is 1.74. The number of thioether (sulfide) groups is 1. The van der Waals surface area contributed by atoms with Gasteiger partial charge in [-0.3, -0.25) is 9.79 Å². The maximum Gasteiger partial charge on any atom is 0.307 e. The lowest BCUT2D eigenvalue weighted by atomic mass is 10.3. The van der Waals surface area contributed by atoms with Crippen LogP contribution in [-0.2, 0) is 9.53 Å². The van der Waals surface area contributed by atoms with Crippen molar-refractivity contribution in [3.05, 3.63) is 0 Å². The molecule has 0 aromatic rings. The number of nitrogens with one attached hydrogen (secondary N) is 2. The smallest absolute Gasteiger partial charge is 0.307 e. The lowest BCUT2D eigenvalue weighted by molar-refractivity contribution is -0.140. The third kappa shape index (κ3) is 10.3. The summed E-state index contributed by atoms with van der Waals surface area (Å²) in [5, 5.41) is 6.26. The predicted molar refractivity (Wildman–Crippen MR) is 78.2 cm³/mol. The number of hydrogen-bond acceptors (Lipinski definition) is 4. The number of methoxy groups -OCH3 is 1. The predicted octanol–water partition coefficient (Wildman–Crippen LogP) is 1.25. The molecule has 0 atom stereocenters. The van der Waals surface area contributed by atoms with Gasteiger partial charge >= 0.3 is 5.97 Å². The minimum atomic E-state index is -0.210. The summed E-state index contributed by atoms with van der Waals surface area (Å²) in [6.45, 7) is 4.19. The van der Waals surface area contributed by atoms with Gasteiger partial charge in [0.25, 0.3) is 0 Å². The van der Waals surface area contributed by atoms with Crippen molar-refractivity contribution in [2.45, 2.75) is 26.2 Å². The Morgan fingerprint density at radius 3 is 2.72 bits per heavy atom. The van der Waals surface area contributed by atoms with Gasteiger partial charge < -0.3 is 15.4 Å². The molecule has 0 heterocycles. The van der Waals surface area contributed by atoms with Gasteiger partial charge in [-0.25, -0.2) is 0 Å². The molecular formula is C12H25N3O2S. The zero-order chi connectivity index (χ0) is 13.6. The molecule has 0 saturated heterocycles. The van der Waals surface area contributed by atoms with E-state index in [9.17, 15) is 4.79 Å². The first-order chi connectivity index (χ1) is 8.74. The molecule has 0 aromatic carbocycles. The van der Waals surface area contributed by atoms with Crippen LogP contribution in [0.25, 0.3) is 0 Å². The number of carbonyl (C=O) groups excluding carboxylic acids is 1. The lowest BCUT2D eigenvalue weighted by Gasteiger charge is -2.10. The van der Waals surface area contributed by atoms with Crippen molar-refractivity contribution in [3.63, 3.8) is 0 Å². The Bertz CT molecular complexity index is 247. The Kier molecular flexibility index (Phi) is 11.9. The third-order valence-electron chi connectivity index (χ3n) is 2.22. The van der Waals surface area contributed by atoms with Crippen molar-refractivity contribution in [2.24, 2.45) is 4.99 Å². The molecule has 0 aliphatic carbocycles. The molecule has 2 N–H and O–H groups in total. The fourth-order valence-electron chi connectivity index (χ4n) is 1.28. The lowest BCUT2D eigenvalue weighted by Crippen LogP contribution is -2.38. The highest BCUT2D eigenvalue weighted by Crippen LogP contribution is 1.98. The largest absolute Gasteiger partial charge is 0.469 e. The molecule has 0 amide bonds. The number of nitrogens with zero attached hydrogens (tertiary/aromatic N) is 1. The molecule has 0 aliphatic rings. The fraction of sp³-hybridized carbons (Fsp3) is 0.833. The van der Waals surface area contributed by atoms with Crippen LogP contribution in [0.5, 0.6) is 0 Å². The first kappa shape index (κ1) is 17.1. The molecule has 6 heteroatoms. The number of esters is 1. The first-order valence-electron chi connectivity index (χ1n) is 6.32. The van der Waals surface area contributed by atoms with Gasteiger partial charge in [-0.1, -0.05) is 0 Å². The van der Waals surface area contributed by atoms with Crippen LogP contribution in [0.2, 0.25) is 0 Å². The van der Waals surface area contributed by atoms with Gasteiger partial charge in [0.2, 0.25) is 0 Å². The second-order valence-electron chi connectivity index (χ2n) is 3.71. The number of ether oxygens (including phenoxy) is 1. The normalized spacial score (nSPS) is 11.2. The summed E-state index contributed by atoms with van der Waals surface area (Å²) in [5.41, 5.74) is 0. The molecule has 0 aromatic heterocycles. The Hall–Kier alpha value is -0.910. The van der Waals surface area contributed by atoms with Gasteiger partial charge in [-0.2, -0.15) is 11.8 Å². The van der Waals surface area contributed by atoms with E-state index >= 15 is 0 Å². The van der Waals surface area contributed by atoms with Gasteiger partial charge in [0, 0.05) is 19.6 Å². The second kappa shape index (κ2) is 12.5. The van der Waals surface area contributed by atoms with Crippen LogP contribution >= 0.6 is 11.8 Å². The first-order valence-corrected chi connectivity index (χ1v) is 7.71. The van der Waals surface area contributed by atoms with Crippen molar-refractivity contribution < 1.29 is 9.53 Å². The average Bonchev–Trinajstić information content (AvgIpc) is 2.38. The molecule has 0 radical (unpaired) electrons. The summed E-state index contributed by atoms with van der Waals surface area (Å²) in [4.78, 5) is 15.4. The molecule has 0 spiro atoms. The van der Waals surface area contributed by atoms with E-state index in [2.05, 4.69) is 26.6 Å². The number of hydrogen-bond donors (Lipinski definition) is 2. The molecule has 0 bridgehead atoms. The van der Waals surface area contributed by atoms with Crippen molar-refractivity contribution >= 4 is 23.7 Å². The highest BCUT2D eigenvalue weighted by Gasteiger charge is 2.01. The van der Waals surface area contributed by atoms with Crippen LogP contribution in [0.4, 0.5) is 0 Å². The number of carbonyl (C=O) groups is 1. The SMILES string of the molecule is CCNC(=NCCCCSC)NCCC(=O)OC. The van der Waals surface area contributed by atoms with E-state index < -0.39 is 0 Å². The van der Waals surface area contributed by atoms with Gasteiger partial charge in [0.15, 0.2) is 5.96 Å². The van der Waals surface area contributed by atoms with E-state index in [1.165, 1.54) is 19.3 Å². The summed E-state index contributed by atoms with van der Waals surface area (Å²) >= 11 is 1.86.